The van der Waals surface area contributed by atoms with Gasteiger partial charge in [-0.1, -0.05) is 12.1 Å². The number of fused-ring (bicyclic) bond motifs is 1. The van der Waals surface area contributed by atoms with Crippen molar-refractivity contribution in [3.63, 3.8) is 0 Å². The van der Waals surface area contributed by atoms with Gasteiger partial charge in [0.05, 0.1) is 24.7 Å². The summed E-state index contributed by atoms with van der Waals surface area (Å²) < 4.78 is 36.5. The van der Waals surface area contributed by atoms with Crippen LogP contribution in [0, 0.1) is 5.82 Å². The van der Waals surface area contributed by atoms with Crippen molar-refractivity contribution in [1.29, 1.82) is 0 Å². The molecule has 9 nitrogen and oxygen atoms in total. The zero-order valence-corrected chi connectivity index (χ0v) is 24.2. The number of carbonyl (C=O) groups excluding carboxylic acids is 1. The van der Waals surface area contributed by atoms with Crippen molar-refractivity contribution in [2.75, 3.05) is 38.3 Å². The number of hydrogen-bond acceptors (Lipinski definition) is 9. The Morgan fingerprint density at radius 1 is 1.18 bits per heavy atom. The van der Waals surface area contributed by atoms with Crippen LogP contribution in [0.5, 0.6) is 5.75 Å². The second-order valence-electron chi connectivity index (χ2n) is 11.2. The minimum Gasteiger partial charge on any atom is -0.491 e. The molecule has 0 bridgehead atoms. The minimum atomic E-state index is -0.499. The fraction of sp³-hybridized carbons (Fsp3) is 0.500. The van der Waals surface area contributed by atoms with Crippen molar-refractivity contribution in [1.82, 2.24) is 15.0 Å². The maximum Gasteiger partial charge on any atom is 0.307 e. The van der Waals surface area contributed by atoms with Crippen LogP contribution in [0.2, 0.25) is 0 Å². The molecule has 10 heteroatoms. The Bertz CT molecular complexity index is 1300. The maximum absolute atomic E-state index is 14.8. The smallest absolute Gasteiger partial charge is 0.307 e. The molecule has 2 heterocycles. The Kier molecular flexibility index (Phi) is 9.42. The van der Waals surface area contributed by atoms with Crippen molar-refractivity contribution in [2.45, 2.75) is 65.7 Å². The predicted molar refractivity (Wildman–Crippen MR) is 150 cm³/mol. The number of halogens is 1. The van der Waals surface area contributed by atoms with Crippen LogP contribution in [-0.2, 0) is 27.2 Å². The molecular weight excluding hydrogens is 515 g/mol. The van der Waals surface area contributed by atoms with Gasteiger partial charge in [-0.3, -0.25) is 9.69 Å². The predicted octanol–water partition coefficient (Wildman–Crippen LogP) is 5.54. The minimum absolute atomic E-state index is 0.0540. The highest BCUT2D eigenvalue weighted by atomic mass is 19.1. The highest BCUT2D eigenvalue weighted by molar-refractivity contribution is 5.70. The van der Waals surface area contributed by atoms with Gasteiger partial charge in [-0.2, -0.15) is 4.98 Å². The van der Waals surface area contributed by atoms with E-state index in [0.717, 1.165) is 17.7 Å². The Morgan fingerprint density at radius 2 is 1.98 bits per heavy atom. The summed E-state index contributed by atoms with van der Waals surface area (Å²) >= 11 is 0. The van der Waals surface area contributed by atoms with Gasteiger partial charge < -0.3 is 23.6 Å². The van der Waals surface area contributed by atoms with Gasteiger partial charge in [0.15, 0.2) is 0 Å². The number of aromatic nitrogens is 2. The van der Waals surface area contributed by atoms with E-state index in [0.29, 0.717) is 50.9 Å². The number of methoxy groups -OCH3 is 1. The van der Waals surface area contributed by atoms with Gasteiger partial charge in [0.25, 0.3) is 11.8 Å². The molecule has 0 saturated carbocycles. The molecular formula is C30H39FN4O5. The second kappa shape index (κ2) is 12.8. The van der Waals surface area contributed by atoms with Gasteiger partial charge in [0.1, 0.15) is 17.2 Å². The van der Waals surface area contributed by atoms with E-state index in [1.165, 1.54) is 11.6 Å². The van der Waals surface area contributed by atoms with Gasteiger partial charge in [-0.05, 0) is 75.5 Å². The van der Waals surface area contributed by atoms with Crippen molar-refractivity contribution in [3.05, 3.63) is 53.3 Å². The van der Waals surface area contributed by atoms with Crippen molar-refractivity contribution >= 4 is 17.6 Å². The third-order valence-corrected chi connectivity index (χ3v) is 6.31. The molecule has 2 aromatic carbocycles. The molecule has 216 valence electrons. The molecule has 1 aliphatic rings. The average molecular weight is 555 g/mol. The largest absolute Gasteiger partial charge is 0.491 e. The molecule has 0 saturated heterocycles. The van der Waals surface area contributed by atoms with Gasteiger partial charge in [-0.25, -0.2) is 4.39 Å². The van der Waals surface area contributed by atoms with Gasteiger partial charge in [0, 0.05) is 45.0 Å². The molecule has 1 aromatic heterocycles. The average Bonchev–Trinajstić information content (AvgIpc) is 3.51. The zero-order chi connectivity index (χ0) is 28.9. The molecule has 4 rings (SSSR count). The van der Waals surface area contributed by atoms with E-state index in [-0.39, 0.29) is 23.5 Å². The molecule has 3 aromatic rings. The third-order valence-electron chi connectivity index (χ3n) is 6.31. The van der Waals surface area contributed by atoms with E-state index < -0.39 is 11.4 Å². The van der Waals surface area contributed by atoms with Gasteiger partial charge in [0.2, 0.25) is 0 Å². The maximum atomic E-state index is 14.8. The van der Waals surface area contributed by atoms with E-state index in [1.807, 2.05) is 39.5 Å². The number of carbonyl (C=O) groups is 1. The molecule has 0 fully saturated rings. The molecule has 40 heavy (non-hydrogen) atoms. The number of esters is 1. The lowest BCUT2D eigenvalue weighted by molar-refractivity contribution is -0.155. The van der Waals surface area contributed by atoms with E-state index >= 15 is 0 Å². The topological polar surface area (TPSA) is 90.2 Å². The first kappa shape index (κ1) is 29.5. The van der Waals surface area contributed by atoms with Crippen LogP contribution in [0.15, 0.2) is 40.9 Å². The van der Waals surface area contributed by atoms with Crippen molar-refractivity contribution in [3.8, 4) is 17.2 Å². The fourth-order valence-corrected chi connectivity index (χ4v) is 4.60. The lowest BCUT2D eigenvalue weighted by Crippen LogP contribution is -2.31. The summed E-state index contributed by atoms with van der Waals surface area (Å²) in [5, 5.41) is 4.13. The number of hydrogen-bond donors (Lipinski definition) is 0. The normalized spacial score (nSPS) is 13.3. The monoisotopic (exact) mass is 554 g/mol. The molecule has 0 aliphatic carbocycles. The molecule has 0 spiro atoms. The number of ether oxygens (including phenoxy) is 3. The first-order valence-corrected chi connectivity index (χ1v) is 13.6. The van der Waals surface area contributed by atoms with Crippen molar-refractivity contribution in [2.24, 2.45) is 0 Å². The van der Waals surface area contributed by atoms with Crippen LogP contribution in [0.1, 0.15) is 52.2 Å². The molecule has 0 atom stereocenters. The molecule has 1 aliphatic heterocycles. The van der Waals surface area contributed by atoms with Gasteiger partial charge >= 0.3 is 5.97 Å². The summed E-state index contributed by atoms with van der Waals surface area (Å²) in [7, 11) is 1.67. The van der Waals surface area contributed by atoms with Crippen molar-refractivity contribution < 1.29 is 27.9 Å². The molecule has 0 amide bonds. The quantitative estimate of drug-likeness (QED) is 0.268. The lowest BCUT2D eigenvalue weighted by Gasteiger charge is -2.24. The first-order valence-electron chi connectivity index (χ1n) is 13.6. The zero-order valence-electron chi connectivity index (χ0n) is 24.2. The summed E-state index contributed by atoms with van der Waals surface area (Å²) in [4.78, 5) is 20.9. The van der Waals surface area contributed by atoms with E-state index in [1.54, 1.807) is 19.2 Å². The SMILES string of the molecule is COCCN(CCC(=O)OC(C)(C)C)Cc1ccc2c(c1)CCN2c1noc(-c2ccc(OC(C)C)cc2F)n1. The number of anilines is 2. The van der Waals surface area contributed by atoms with E-state index in [9.17, 15) is 9.18 Å². The van der Waals surface area contributed by atoms with Crippen LogP contribution in [0.25, 0.3) is 11.5 Å². The van der Waals surface area contributed by atoms with Crippen LogP contribution in [0.4, 0.5) is 16.0 Å². The van der Waals surface area contributed by atoms with Crippen LogP contribution >= 0.6 is 0 Å². The van der Waals surface area contributed by atoms with E-state index in [2.05, 4.69) is 33.2 Å². The van der Waals surface area contributed by atoms with Crippen LogP contribution in [0.3, 0.4) is 0 Å². The Hall–Kier alpha value is -3.50. The molecule has 0 unspecified atom stereocenters. The Morgan fingerprint density at radius 3 is 2.67 bits per heavy atom. The lowest BCUT2D eigenvalue weighted by atomic mass is 10.1. The first-order chi connectivity index (χ1) is 19.0. The van der Waals surface area contributed by atoms with Gasteiger partial charge in [-0.15, -0.1) is 0 Å². The van der Waals surface area contributed by atoms with E-state index in [4.69, 9.17) is 18.7 Å². The number of benzene rings is 2. The highest BCUT2D eigenvalue weighted by Crippen LogP contribution is 2.35. The Balaban J connectivity index is 1.43. The third kappa shape index (κ3) is 7.79. The van der Waals surface area contributed by atoms with Crippen LogP contribution in [-0.4, -0.2) is 66.1 Å². The summed E-state index contributed by atoms with van der Waals surface area (Å²) in [6.45, 7) is 12.6. The molecule has 0 N–H and O–H groups in total. The molecule has 0 radical (unpaired) electrons. The Labute approximate surface area is 235 Å². The second-order valence-corrected chi connectivity index (χ2v) is 11.2. The highest BCUT2D eigenvalue weighted by Gasteiger charge is 2.26. The van der Waals surface area contributed by atoms with Crippen LogP contribution < -0.4 is 9.64 Å². The fourth-order valence-electron chi connectivity index (χ4n) is 4.60. The summed E-state index contributed by atoms with van der Waals surface area (Å²) in [6, 6.07) is 10.9. The standard InChI is InChI=1S/C30H39FN4O5/c1-20(2)38-23-8-9-24(25(31)18-23)28-32-29(33-40-28)35-14-11-22-17-21(7-10-26(22)35)19-34(15-16-37-6)13-12-27(36)39-30(3,4)5/h7-10,17-18,20H,11-16,19H2,1-6H3. The summed E-state index contributed by atoms with van der Waals surface area (Å²) in [6.07, 6.45) is 1.08. The summed E-state index contributed by atoms with van der Waals surface area (Å²) in [5.41, 5.74) is 3.03. The number of nitrogens with zero attached hydrogens (tertiary/aromatic N) is 4. The summed E-state index contributed by atoms with van der Waals surface area (Å²) in [5.74, 6) is 0.268. The number of rotatable bonds is 12.